The van der Waals surface area contributed by atoms with Crippen LogP contribution in [0.1, 0.15) is 25.0 Å². The molecule has 0 aliphatic carbocycles. The number of benzene rings is 2. The molecule has 10 heteroatoms. The van der Waals surface area contributed by atoms with Crippen molar-refractivity contribution in [1.82, 2.24) is 10.2 Å². The third-order valence-corrected chi connectivity index (χ3v) is 6.72. The van der Waals surface area contributed by atoms with Crippen LogP contribution in [0.3, 0.4) is 0 Å². The van der Waals surface area contributed by atoms with Gasteiger partial charge >= 0.3 is 0 Å². The summed E-state index contributed by atoms with van der Waals surface area (Å²) in [5, 5.41) is 3.18. The fourth-order valence-electron chi connectivity index (χ4n) is 3.23. The summed E-state index contributed by atoms with van der Waals surface area (Å²) in [5.74, 6) is -0.812. The number of rotatable bonds is 9. The van der Waals surface area contributed by atoms with Gasteiger partial charge in [0.05, 0.1) is 11.9 Å². The number of likely N-dealkylation sites (N-methyl/N-ethyl adjacent to an activating group) is 1. The van der Waals surface area contributed by atoms with Gasteiger partial charge in [-0.25, -0.2) is 8.42 Å². The van der Waals surface area contributed by atoms with Crippen LogP contribution in [0, 0.1) is 6.92 Å². The highest BCUT2D eigenvalue weighted by atomic mass is 79.9. The lowest BCUT2D eigenvalue weighted by Gasteiger charge is -2.32. The fraction of sp³-hybridized carbons (Fsp3) is 0.364. The van der Waals surface area contributed by atoms with Crippen molar-refractivity contribution in [2.75, 3.05) is 23.7 Å². The zero-order chi connectivity index (χ0) is 24.1. The minimum atomic E-state index is -3.78. The molecule has 0 heterocycles. The van der Waals surface area contributed by atoms with Crippen molar-refractivity contribution in [3.63, 3.8) is 0 Å². The molecule has 1 atom stereocenters. The van der Waals surface area contributed by atoms with Gasteiger partial charge in [0.25, 0.3) is 0 Å². The van der Waals surface area contributed by atoms with Crippen molar-refractivity contribution in [2.24, 2.45) is 0 Å². The molecule has 2 rings (SSSR count). The maximum atomic E-state index is 13.4. The van der Waals surface area contributed by atoms with Crippen LogP contribution in [0.4, 0.5) is 5.69 Å². The number of hydrogen-bond acceptors (Lipinski definition) is 4. The molecule has 0 fully saturated rings. The Morgan fingerprint density at radius 1 is 1.19 bits per heavy atom. The molecule has 0 aliphatic rings. The van der Waals surface area contributed by atoms with Crippen LogP contribution in [0.15, 0.2) is 46.9 Å². The van der Waals surface area contributed by atoms with E-state index in [2.05, 4.69) is 21.2 Å². The second-order valence-electron chi connectivity index (χ2n) is 7.42. The number of nitrogens with zero attached hydrogens (tertiary/aromatic N) is 2. The molecular weight excluding hydrogens is 518 g/mol. The summed E-state index contributed by atoms with van der Waals surface area (Å²) in [5.41, 5.74) is 1.78. The van der Waals surface area contributed by atoms with Crippen LogP contribution in [0.2, 0.25) is 5.02 Å². The first-order valence-electron chi connectivity index (χ1n) is 9.99. The standard InChI is InChI=1S/C22H27BrClN3O4S/c1-5-25-22(29)16(3)26(13-17-7-6-8-18(23)12-17)21(28)14-27(32(4,30)31)20-10-9-19(24)11-15(20)2/h6-12,16H,5,13-14H2,1-4H3,(H,25,29)/t16-/m1/s1. The molecule has 32 heavy (non-hydrogen) atoms. The molecule has 0 aliphatic heterocycles. The Balaban J connectivity index is 2.42. The van der Waals surface area contributed by atoms with Crippen LogP contribution in [-0.4, -0.2) is 50.5 Å². The van der Waals surface area contributed by atoms with Gasteiger partial charge in [-0.1, -0.05) is 39.7 Å². The van der Waals surface area contributed by atoms with Crippen molar-refractivity contribution in [3.05, 3.63) is 63.1 Å². The molecule has 2 aromatic rings. The summed E-state index contributed by atoms with van der Waals surface area (Å²) in [6.45, 7) is 5.26. The molecule has 2 amide bonds. The highest BCUT2D eigenvalue weighted by Gasteiger charge is 2.30. The first-order valence-corrected chi connectivity index (χ1v) is 13.0. The predicted molar refractivity (Wildman–Crippen MR) is 131 cm³/mol. The summed E-state index contributed by atoms with van der Waals surface area (Å²) in [4.78, 5) is 27.3. The smallest absolute Gasteiger partial charge is 0.244 e. The highest BCUT2D eigenvalue weighted by Crippen LogP contribution is 2.26. The Bertz CT molecular complexity index is 1090. The van der Waals surface area contributed by atoms with E-state index in [1.165, 1.54) is 4.90 Å². The molecule has 0 saturated carbocycles. The second kappa shape index (κ2) is 11.2. The fourth-order valence-corrected chi connectivity index (χ4v) is 4.81. The van der Waals surface area contributed by atoms with Gasteiger partial charge in [0.15, 0.2) is 0 Å². The van der Waals surface area contributed by atoms with Gasteiger partial charge in [-0.3, -0.25) is 13.9 Å². The summed E-state index contributed by atoms with van der Waals surface area (Å²) in [7, 11) is -3.78. The normalized spacial score (nSPS) is 12.2. The monoisotopic (exact) mass is 543 g/mol. The zero-order valence-corrected chi connectivity index (χ0v) is 21.6. The number of hydrogen-bond donors (Lipinski definition) is 1. The van der Waals surface area contributed by atoms with Crippen LogP contribution in [0.5, 0.6) is 0 Å². The molecule has 7 nitrogen and oxygen atoms in total. The number of carbonyl (C=O) groups excluding carboxylic acids is 2. The van der Waals surface area contributed by atoms with Gasteiger partial charge in [-0.2, -0.15) is 0 Å². The van der Waals surface area contributed by atoms with Crippen molar-refractivity contribution < 1.29 is 18.0 Å². The number of amides is 2. The average molecular weight is 545 g/mol. The number of nitrogens with one attached hydrogen (secondary N) is 1. The van der Waals surface area contributed by atoms with Crippen molar-refractivity contribution in [1.29, 1.82) is 0 Å². The van der Waals surface area contributed by atoms with E-state index in [1.807, 2.05) is 24.3 Å². The molecular formula is C22H27BrClN3O4S. The lowest BCUT2D eigenvalue weighted by molar-refractivity contribution is -0.139. The van der Waals surface area contributed by atoms with Gasteiger partial charge in [-0.05, 0) is 62.2 Å². The molecule has 174 valence electrons. The largest absolute Gasteiger partial charge is 0.355 e. The lowest BCUT2D eigenvalue weighted by atomic mass is 10.1. The van der Waals surface area contributed by atoms with Gasteiger partial charge in [0.1, 0.15) is 12.6 Å². The van der Waals surface area contributed by atoms with E-state index in [4.69, 9.17) is 11.6 Å². The molecule has 0 unspecified atom stereocenters. The average Bonchev–Trinajstić information content (AvgIpc) is 2.69. The highest BCUT2D eigenvalue weighted by molar-refractivity contribution is 9.10. The lowest BCUT2D eigenvalue weighted by Crippen LogP contribution is -2.51. The topological polar surface area (TPSA) is 86.8 Å². The van der Waals surface area contributed by atoms with E-state index < -0.39 is 28.5 Å². The maximum Gasteiger partial charge on any atom is 0.244 e. The third-order valence-electron chi connectivity index (χ3n) is 4.87. The van der Waals surface area contributed by atoms with Gasteiger partial charge in [0.2, 0.25) is 21.8 Å². The molecule has 0 radical (unpaired) electrons. The summed E-state index contributed by atoms with van der Waals surface area (Å²) < 4.78 is 27.0. The number of carbonyl (C=O) groups is 2. The third kappa shape index (κ3) is 6.95. The van der Waals surface area contributed by atoms with E-state index in [0.29, 0.717) is 22.8 Å². The van der Waals surface area contributed by atoms with E-state index in [-0.39, 0.29) is 12.5 Å². The first kappa shape index (κ1) is 26.2. The zero-order valence-electron chi connectivity index (χ0n) is 18.4. The van der Waals surface area contributed by atoms with Gasteiger partial charge in [-0.15, -0.1) is 0 Å². The number of sulfonamides is 1. The number of halogens is 2. The Labute approximate surface area is 202 Å². The first-order chi connectivity index (χ1) is 14.9. The molecule has 0 spiro atoms. The number of anilines is 1. The van der Waals surface area contributed by atoms with Crippen molar-refractivity contribution in [3.8, 4) is 0 Å². The molecule has 0 aromatic heterocycles. The van der Waals surface area contributed by atoms with Crippen molar-refractivity contribution >= 4 is 55.1 Å². The quantitative estimate of drug-likeness (QED) is 0.521. The minimum absolute atomic E-state index is 0.147. The summed E-state index contributed by atoms with van der Waals surface area (Å²) >= 11 is 9.42. The Morgan fingerprint density at radius 2 is 1.88 bits per heavy atom. The van der Waals surface area contributed by atoms with Crippen molar-refractivity contribution in [2.45, 2.75) is 33.4 Å². The van der Waals surface area contributed by atoms with Crippen LogP contribution >= 0.6 is 27.5 Å². The number of aryl methyl sites for hydroxylation is 1. The van der Waals surface area contributed by atoms with E-state index >= 15 is 0 Å². The molecule has 0 saturated heterocycles. The molecule has 0 bridgehead atoms. The summed E-state index contributed by atoms with van der Waals surface area (Å²) in [6, 6.07) is 11.4. The van der Waals surface area contributed by atoms with E-state index in [1.54, 1.807) is 39.0 Å². The van der Waals surface area contributed by atoms with E-state index in [0.717, 1.165) is 20.6 Å². The van der Waals surface area contributed by atoms with Crippen LogP contribution < -0.4 is 9.62 Å². The second-order valence-corrected chi connectivity index (χ2v) is 10.7. The predicted octanol–water partition coefficient (Wildman–Crippen LogP) is 3.73. The SMILES string of the molecule is CCNC(=O)[C@@H](C)N(Cc1cccc(Br)c1)C(=O)CN(c1ccc(Cl)cc1C)S(C)(=O)=O. The summed E-state index contributed by atoms with van der Waals surface area (Å²) in [6.07, 6.45) is 1.04. The minimum Gasteiger partial charge on any atom is -0.355 e. The molecule has 1 N–H and O–H groups in total. The van der Waals surface area contributed by atoms with Gasteiger partial charge in [0, 0.05) is 22.6 Å². The Kier molecular flexibility index (Phi) is 9.12. The Hall–Kier alpha value is -2.10. The van der Waals surface area contributed by atoms with Crippen LogP contribution in [0.25, 0.3) is 0 Å². The molecule has 2 aromatic carbocycles. The maximum absolute atomic E-state index is 13.4. The Morgan fingerprint density at radius 3 is 2.44 bits per heavy atom. The van der Waals surface area contributed by atoms with Gasteiger partial charge < -0.3 is 10.2 Å². The van der Waals surface area contributed by atoms with E-state index in [9.17, 15) is 18.0 Å². The van der Waals surface area contributed by atoms with Crippen LogP contribution in [-0.2, 0) is 26.2 Å².